The predicted octanol–water partition coefficient (Wildman–Crippen LogP) is 3.41. The molecule has 2 aliphatic rings. The summed E-state index contributed by atoms with van der Waals surface area (Å²) < 4.78 is 5.36. The number of furan rings is 1. The maximum absolute atomic E-state index is 12.3. The number of amides is 1. The molecular formula is C19H28N2O2. The van der Waals surface area contributed by atoms with Gasteiger partial charge in [-0.15, -0.1) is 0 Å². The predicted molar refractivity (Wildman–Crippen MR) is 91.9 cm³/mol. The van der Waals surface area contributed by atoms with Crippen LogP contribution < -0.4 is 0 Å². The summed E-state index contributed by atoms with van der Waals surface area (Å²) in [6.45, 7) is 4.98. The summed E-state index contributed by atoms with van der Waals surface area (Å²) in [5, 5.41) is 0. The molecular weight excluding hydrogens is 288 g/mol. The van der Waals surface area contributed by atoms with Gasteiger partial charge in [-0.05, 0) is 50.9 Å². The molecule has 0 bridgehead atoms. The van der Waals surface area contributed by atoms with Crippen LogP contribution in [0, 0.1) is 5.92 Å². The summed E-state index contributed by atoms with van der Waals surface area (Å²) in [5.41, 5.74) is 1.28. The third-order valence-corrected chi connectivity index (χ3v) is 5.03. The van der Waals surface area contributed by atoms with E-state index < -0.39 is 0 Å². The summed E-state index contributed by atoms with van der Waals surface area (Å²) in [7, 11) is 2.14. The average molecular weight is 316 g/mol. The first kappa shape index (κ1) is 16.3. The Morgan fingerprint density at radius 3 is 2.91 bits per heavy atom. The molecule has 1 aromatic heterocycles. The molecule has 1 saturated heterocycles. The zero-order chi connectivity index (χ0) is 16.2. The molecule has 3 rings (SSSR count). The van der Waals surface area contributed by atoms with Crippen LogP contribution in [0.2, 0.25) is 0 Å². The van der Waals surface area contributed by atoms with Crippen molar-refractivity contribution >= 4 is 12.0 Å². The van der Waals surface area contributed by atoms with E-state index in [0.29, 0.717) is 17.9 Å². The average Bonchev–Trinajstić information content (AvgIpc) is 3.20. The molecule has 0 unspecified atom stereocenters. The molecule has 0 N–H and O–H groups in total. The van der Waals surface area contributed by atoms with Crippen molar-refractivity contribution in [2.24, 2.45) is 5.92 Å². The van der Waals surface area contributed by atoms with Crippen molar-refractivity contribution in [1.82, 2.24) is 9.80 Å². The first-order valence-electron chi connectivity index (χ1n) is 8.80. The summed E-state index contributed by atoms with van der Waals surface area (Å²) >= 11 is 0. The van der Waals surface area contributed by atoms with E-state index in [2.05, 4.69) is 29.8 Å². The Hall–Kier alpha value is -1.55. The van der Waals surface area contributed by atoms with E-state index in [4.69, 9.17) is 4.42 Å². The fraction of sp³-hybridized carbons (Fsp3) is 0.632. The van der Waals surface area contributed by atoms with E-state index in [1.165, 1.54) is 31.3 Å². The Kier molecular flexibility index (Phi) is 5.21. The molecule has 4 heteroatoms. The minimum absolute atomic E-state index is 0.373. The lowest BCUT2D eigenvalue weighted by molar-refractivity contribution is -0.129. The zero-order valence-electron chi connectivity index (χ0n) is 14.3. The van der Waals surface area contributed by atoms with Gasteiger partial charge in [0.25, 0.3) is 0 Å². The fourth-order valence-corrected chi connectivity index (χ4v) is 4.09. The Morgan fingerprint density at radius 1 is 1.43 bits per heavy atom. The number of likely N-dealkylation sites (N-methyl/N-ethyl adjacent to an activating group) is 1. The first-order chi connectivity index (χ1) is 11.1. The molecule has 4 nitrogen and oxygen atoms in total. The minimum atomic E-state index is 0.373. The Morgan fingerprint density at radius 2 is 2.22 bits per heavy atom. The molecule has 0 aromatic carbocycles. The molecule has 1 amide bonds. The highest BCUT2D eigenvalue weighted by atomic mass is 16.3. The lowest BCUT2D eigenvalue weighted by Gasteiger charge is -2.25. The molecule has 1 aliphatic heterocycles. The Bertz CT molecular complexity index is 544. The molecule has 1 aromatic rings. The van der Waals surface area contributed by atoms with E-state index >= 15 is 0 Å². The van der Waals surface area contributed by atoms with E-state index in [-0.39, 0.29) is 0 Å². The molecule has 0 spiro atoms. The van der Waals surface area contributed by atoms with Crippen molar-refractivity contribution in [2.75, 3.05) is 26.7 Å². The highest BCUT2D eigenvalue weighted by Gasteiger charge is 2.35. The second kappa shape index (κ2) is 7.35. The van der Waals surface area contributed by atoms with Crippen LogP contribution in [-0.4, -0.2) is 48.4 Å². The van der Waals surface area contributed by atoms with Gasteiger partial charge in [-0.2, -0.15) is 0 Å². The quantitative estimate of drug-likeness (QED) is 0.807. The molecule has 1 aliphatic carbocycles. The Balaban J connectivity index is 1.48. The van der Waals surface area contributed by atoms with Crippen molar-refractivity contribution in [2.45, 2.75) is 45.1 Å². The van der Waals surface area contributed by atoms with Gasteiger partial charge in [-0.3, -0.25) is 4.79 Å². The summed E-state index contributed by atoms with van der Waals surface area (Å²) in [5.74, 6) is 1.75. The lowest BCUT2D eigenvalue weighted by atomic mass is 10.1. The van der Waals surface area contributed by atoms with Crippen LogP contribution in [0.4, 0.5) is 0 Å². The van der Waals surface area contributed by atoms with Crippen molar-refractivity contribution < 1.29 is 9.21 Å². The van der Waals surface area contributed by atoms with Crippen molar-refractivity contribution in [3.8, 4) is 0 Å². The number of carbonyl (C=O) groups excluding carboxylic acids is 1. The van der Waals surface area contributed by atoms with Crippen LogP contribution in [0.25, 0.3) is 6.08 Å². The van der Waals surface area contributed by atoms with E-state index in [9.17, 15) is 4.79 Å². The van der Waals surface area contributed by atoms with Gasteiger partial charge < -0.3 is 14.2 Å². The molecule has 126 valence electrons. The number of carbonyl (C=O) groups is 1. The maximum Gasteiger partial charge on any atom is 0.223 e. The largest absolute Gasteiger partial charge is 0.465 e. The van der Waals surface area contributed by atoms with Crippen LogP contribution in [0.3, 0.4) is 0 Å². The third kappa shape index (κ3) is 4.25. The van der Waals surface area contributed by atoms with Crippen LogP contribution in [-0.2, 0) is 4.79 Å². The first-order valence-corrected chi connectivity index (χ1v) is 8.80. The van der Waals surface area contributed by atoms with E-state index in [0.717, 1.165) is 31.8 Å². The molecule has 1 saturated carbocycles. The van der Waals surface area contributed by atoms with Gasteiger partial charge in [0.1, 0.15) is 5.76 Å². The van der Waals surface area contributed by atoms with Crippen LogP contribution in [0.5, 0.6) is 0 Å². The van der Waals surface area contributed by atoms with Gasteiger partial charge in [0.2, 0.25) is 5.91 Å². The highest BCUT2D eigenvalue weighted by molar-refractivity contribution is 5.79. The second-order valence-corrected chi connectivity index (χ2v) is 7.26. The minimum Gasteiger partial charge on any atom is -0.465 e. The van der Waals surface area contributed by atoms with Crippen LogP contribution in [0.1, 0.15) is 44.8 Å². The molecule has 2 fully saturated rings. The molecule has 2 heterocycles. The van der Waals surface area contributed by atoms with Crippen LogP contribution in [0.15, 0.2) is 28.4 Å². The number of nitrogens with zero attached hydrogens (tertiary/aromatic N) is 2. The smallest absolute Gasteiger partial charge is 0.223 e. The SMILES string of the molecule is C/C(=C\c1ccco1)CN(C)C[C@H]1CC(=O)N(C2CCCC2)C1. The summed E-state index contributed by atoms with van der Waals surface area (Å²) in [6, 6.07) is 4.40. The third-order valence-electron chi connectivity index (χ3n) is 5.03. The zero-order valence-corrected chi connectivity index (χ0v) is 14.3. The molecule has 23 heavy (non-hydrogen) atoms. The molecule has 0 radical (unpaired) electrons. The monoisotopic (exact) mass is 316 g/mol. The van der Waals surface area contributed by atoms with Crippen LogP contribution >= 0.6 is 0 Å². The van der Waals surface area contributed by atoms with E-state index in [1.807, 2.05) is 12.1 Å². The second-order valence-electron chi connectivity index (χ2n) is 7.26. The van der Waals surface area contributed by atoms with Gasteiger partial charge in [-0.1, -0.05) is 18.4 Å². The van der Waals surface area contributed by atoms with Crippen molar-refractivity contribution in [3.63, 3.8) is 0 Å². The van der Waals surface area contributed by atoms with Gasteiger partial charge in [0.05, 0.1) is 6.26 Å². The van der Waals surface area contributed by atoms with Gasteiger partial charge in [-0.25, -0.2) is 0 Å². The normalized spacial score (nSPS) is 23.4. The number of hydrogen-bond donors (Lipinski definition) is 0. The number of rotatable bonds is 6. The highest BCUT2D eigenvalue weighted by Crippen LogP contribution is 2.29. The van der Waals surface area contributed by atoms with Gasteiger partial charge in [0.15, 0.2) is 0 Å². The maximum atomic E-state index is 12.3. The van der Waals surface area contributed by atoms with Gasteiger partial charge in [0, 0.05) is 32.1 Å². The standard InChI is InChI=1S/C19H28N2O2/c1-15(10-18-8-5-9-23-18)12-20(2)13-16-11-19(22)21(14-16)17-6-3-4-7-17/h5,8-10,16-17H,3-4,6-7,11-14H2,1-2H3/b15-10+/t16-/m1/s1. The van der Waals surface area contributed by atoms with Crippen molar-refractivity contribution in [3.05, 3.63) is 29.7 Å². The van der Waals surface area contributed by atoms with Crippen molar-refractivity contribution in [1.29, 1.82) is 0 Å². The number of likely N-dealkylation sites (tertiary alicyclic amines) is 1. The fourth-order valence-electron chi connectivity index (χ4n) is 4.09. The Labute approximate surface area is 139 Å². The lowest BCUT2D eigenvalue weighted by Crippen LogP contribution is -2.35. The molecule has 1 atom stereocenters. The summed E-state index contributed by atoms with van der Waals surface area (Å²) in [6.07, 6.45) is 9.50. The van der Waals surface area contributed by atoms with Gasteiger partial charge >= 0.3 is 0 Å². The topological polar surface area (TPSA) is 36.7 Å². The number of hydrogen-bond acceptors (Lipinski definition) is 3. The van der Waals surface area contributed by atoms with E-state index in [1.54, 1.807) is 6.26 Å². The summed E-state index contributed by atoms with van der Waals surface area (Å²) in [4.78, 5) is 16.8.